The van der Waals surface area contributed by atoms with Crippen LogP contribution in [0.4, 0.5) is 8.78 Å². The number of likely N-dealkylation sites (N-methyl/N-ethyl adjacent to an activating group) is 2. The summed E-state index contributed by atoms with van der Waals surface area (Å²) >= 11 is 0. The van der Waals surface area contributed by atoms with Gasteiger partial charge in [-0.25, -0.2) is 8.78 Å². The zero-order valence-electron chi connectivity index (χ0n) is 12.6. The van der Waals surface area contributed by atoms with Crippen LogP contribution >= 0.6 is 0 Å². The summed E-state index contributed by atoms with van der Waals surface area (Å²) in [6, 6.07) is 2.37. The highest BCUT2D eigenvalue weighted by atomic mass is 19.2. The van der Waals surface area contributed by atoms with Gasteiger partial charge in [0.05, 0.1) is 0 Å². The second kappa shape index (κ2) is 6.83. The van der Waals surface area contributed by atoms with Crippen LogP contribution in [0, 0.1) is 11.6 Å². The molecular weight excluding hydrogens is 292 g/mol. The van der Waals surface area contributed by atoms with E-state index in [1.54, 1.807) is 0 Å². The van der Waals surface area contributed by atoms with E-state index in [4.69, 9.17) is 0 Å². The molecule has 0 spiro atoms. The van der Waals surface area contributed by atoms with Crippen molar-refractivity contribution in [3.63, 3.8) is 0 Å². The van der Waals surface area contributed by atoms with Gasteiger partial charge in [-0.05, 0) is 24.7 Å². The van der Waals surface area contributed by atoms with Crippen LogP contribution in [0.1, 0.15) is 17.3 Å². The van der Waals surface area contributed by atoms with Crippen LogP contribution in [-0.4, -0.2) is 60.9 Å². The van der Waals surface area contributed by atoms with Crippen molar-refractivity contribution in [2.24, 2.45) is 0 Å². The summed E-state index contributed by atoms with van der Waals surface area (Å²) in [6.07, 6.45) is 0. The zero-order chi connectivity index (χ0) is 16.3. The van der Waals surface area contributed by atoms with Crippen molar-refractivity contribution in [2.75, 3.05) is 33.2 Å². The minimum Gasteiger partial charge on any atom is -0.357 e. The summed E-state index contributed by atoms with van der Waals surface area (Å²) in [4.78, 5) is 28.0. The number of nitrogens with one attached hydrogen (secondary N) is 1. The van der Waals surface area contributed by atoms with Crippen LogP contribution in [-0.2, 0) is 4.79 Å². The quantitative estimate of drug-likeness (QED) is 0.901. The number of nitrogens with zero attached hydrogens (tertiary/aromatic N) is 2. The maximum Gasteiger partial charge on any atom is 0.254 e. The fraction of sp³-hybridized carbons (Fsp3) is 0.467. The van der Waals surface area contributed by atoms with Crippen LogP contribution in [0.15, 0.2) is 18.2 Å². The van der Waals surface area contributed by atoms with Gasteiger partial charge < -0.3 is 10.2 Å². The van der Waals surface area contributed by atoms with E-state index >= 15 is 0 Å². The van der Waals surface area contributed by atoms with Crippen molar-refractivity contribution in [3.05, 3.63) is 35.4 Å². The van der Waals surface area contributed by atoms with Crippen molar-refractivity contribution in [3.8, 4) is 0 Å². The van der Waals surface area contributed by atoms with Gasteiger partial charge in [0.2, 0.25) is 5.91 Å². The highest BCUT2D eigenvalue weighted by Crippen LogP contribution is 2.16. The maximum atomic E-state index is 13.3. The molecule has 2 amide bonds. The standard InChI is InChI=1S/C15H19F2N3O2/c1-3-19-6-7-20(13(9-19)14(21)18-2)15(22)10-4-5-11(16)12(17)8-10/h4-5,8,13H,3,6-7,9H2,1-2H3,(H,18,21). The van der Waals surface area contributed by atoms with Gasteiger partial charge in [0, 0.05) is 32.2 Å². The van der Waals surface area contributed by atoms with E-state index in [9.17, 15) is 18.4 Å². The fourth-order valence-corrected chi connectivity index (χ4v) is 2.56. The Hall–Kier alpha value is -2.02. The Morgan fingerprint density at radius 1 is 1.27 bits per heavy atom. The summed E-state index contributed by atoms with van der Waals surface area (Å²) in [6.45, 7) is 4.18. The number of amides is 2. The molecule has 1 atom stereocenters. The number of rotatable bonds is 3. The lowest BCUT2D eigenvalue weighted by Crippen LogP contribution is -2.60. The van der Waals surface area contributed by atoms with Crippen molar-refractivity contribution < 1.29 is 18.4 Å². The summed E-state index contributed by atoms with van der Waals surface area (Å²) in [5, 5.41) is 2.54. The van der Waals surface area contributed by atoms with E-state index in [0.717, 1.165) is 18.7 Å². The Labute approximate surface area is 127 Å². The summed E-state index contributed by atoms with van der Waals surface area (Å²) in [7, 11) is 1.51. The number of carbonyl (C=O) groups excluding carboxylic acids is 2. The van der Waals surface area contributed by atoms with Gasteiger partial charge in [-0.1, -0.05) is 6.92 Å². The number of halogens is 2. The Morgan fingerprint density at radius 2 is 2.00 bits per heavy atom. The minimum atomic E-state index is -1.07. The molecule has 1 aliphatic heterocycles. The van der Waals surface area contributed by atoms with Crippen LogP contribution in [0.5, 0.6) is 0 Å². The van der Waals surface area contributed by atoms with Gasteiger partial charge >= 0.3 is 0 Å². The third-order valence-corrected chi connectivity index (χ3v) is 3.89. The number of carbonyl (C=O) groups is 2. The SMILES string of the molecule is CCN1CCN(C(=O)c2ccc(F)c(F)c2)C(C(=O)NC)C1. The monoisotopic (exact) mass is 311 g/mol. The zero-order valence-corrected chi connectivity index (χ0v) is 12.6. The highest BCUT2D eigenvalue weighted by Gasteiger charge is 2.34. The molecule has 0 bridgehead atoms. The van der Waals surface area contributed by atoms with Crippen molar-refractivity contribution >= 4 is 11.8 Å². The first-order valence-electron chi connectivity index (χ1n) is 7.17. The average molecular weight is 311 g/mol. The van der Waals surface area contributed by atoms with Crippen molar-refractivity contribution in [1.29, 1.82) is 0 Å². The largest absolute Gasteiger partial charge is 0.357 e. The smallest absolute Gasteiger partial charge is 0.254 e. The minimum absolute atomic E-state index is 0.0396. The average Bonchev–Trinajstić information content (AvgIpc) is 2.55. The topological polar surface area (TPSA) is 52.7 Å². The normalized spacial score (nSPS) is 19.1. The van der Waals surface area contributed by atoms with Gasteiger partial charge in [0.25, 0.3) is 5.91 Å². The lowest BCUT2D eigenvalue weighted by atomic mass is 10.1. The molecule has 0 aliphatic carbocycles. The van der Waals surface area contributed by atoms with E-state index in [2.05, 4.69) is 10.2 Å². The van der Waals surface area contributed by atoms with Crippen molar-refractivity contribution in [1.82, 2.24) is 15.1 Å². The molecule has 1 aliphatic rings. The first-order valence-corrected chi connectivity index (χ1v) is 7.17. The van der Waals surface area contributed by atoms with E-state index in [0.29, 0.717) is 19.6 Å². The van der Waals surface area contributed by atoms with Crippen molar-refractivity contribution in [2.45, 2.75) is 13.0 Å². The first-order chi connectivity index (χ1) is 10.5. The van der Waals surface area contributed by atoms with Crippen LogP contribution in [0.25, 0.3) is 0 Å². The van der Waals surface area contributed by atoms with Gasteiger partial charge in [-0.3, -0.25) is 14.5 Å². The van der Waals surface area contributed by atoms with Crippen LogP contribution in [0.2, 0.25) is 0 Å². The lowest BCUT2D eigenvalue weighted by molar-refractivity contribution is -0.127. The lowest BCUT2D eigenvalue weighted by Gasteiger charge is -2.40. The number of piperazine rings is 1. The summed E-state index contributed by atoms with van der Waals surface area (Å²) in [5.74, 6) is -2.82. The molecule has 1 fully saturated rings. The predicted molar refractivity (Wildman–Crippen MR) is 77.4 cm³/mol. The van der Waals surface area contributed by atoms with E-state index in [1.165, 1.54) is 18.0 Å². The van der Waals surface area contributed by atoms with E-state index in [-0.39, 0.29) is 11.5 Å². The molecule has 1 N–H and O–H groups in total. The molecule has 1 aromatic rings. The maximum absolute atomic E-state index is 13.3. The number of benzene rings is 1. The van der Waals surface area contributed by atoms with E-state index < -0.39 is 23.6 Å². The molecule has 5 nitrogen and oxygen atoms in total. The molecule has 0 saturated carbocycles. The molecule has 0 aromatic heterocycles. The Kier molecular flexibility index (Phi) is 5.07. The Morgan fingerprint density at radius 3 is 2.59 bits per heavy atom. The summed E-state index contributed by atoms with van der Waals surface area (Å²) < 4.78 is 26.3. The number of hydrogen-bond donors (Lipinski definition) is 1. The molecule has 7 heteroatoms. The third-order valence-electron chi connectivity index (χ3n) is 3.89. The molecular formula is C15H19F2N3O2. The third kappa shape index (κ3) is 3.24. The number of hydrogen-bond acceptors (Lipinski definition) is 3. The molecule has 120 valence electrons. The molecule has 22 heavy (non-hydrogen) atoms. The first kappa shape index (κ1) is 16.4. The van der Waals surface area contributed by atoms with E-state index in [1.807, 2.05) is 6.92 Å². The molecule has 1 saturated heterocycles. The highest BCUT2D eigenvalue weighted by molar-refractivity contribution is 5.97. The van der Waals surface area contributed by atoms with Gasteiger partial charge in [0.15, 0.2) is 11.6 Å². The summed E-state index contributed by atoms with van der Waals surface area (Å²) in [5.41, 5.74) is 0.0396. The molecule has 0 radical (unpaired) electrons. The predicted octanol–water partition coefficient (Wildman–Crippen LogP) is 0.857. The van der Waals surface area contributed by atoms with Crippen LogP contribution in [0.3, 0.4) is 0 Å². The molecule has 1 unspecified atom stereocenters. The fourth-order valence-electron chi connectivity index (χ4n) is 2.56. The molecule has 1 aromatic carbocycles. The van der Waals surface area contributed by atoms with Gasteiger partial charge in [-0.2, -0.15) is 0 Å². The Balaban J connectivity index is 2.25. The second-order valence-electron chi connectivity index (χ2n) is 5.15. The molecule has 2 rings (SSSR count). The van der Waals surface area contributed by atoms with Gasteiger partial charge in [0.1, 0.15) is 6.04 Å². The second-order valence-corrected chi connectivity index (χ2v) is 5.15. The van der Waals surface area contributed by atoms with Gasteiger partial charge in [-0.15, -0.1) is 0 Å². The van der Waals surface area contributed by atoms with Crippen LogP contribution < -0.4 is 5.32 Å². The molecule has 1 heterocycles. The Bertz CT molecular complexity index is 580.